The van der Waals surface area contributed by atoms with Gasteiger partial charge in [0, 0.05) is 0 Å². The van der Waals surface area contributed by atoms with Crippen molar-refractivity contribution >= 4 is 22.3 Å². The first-order valence-electron chi connectivity index (χ1n) is 8.64. The molecule has 25 heavy (non-hydrogen) atoms. The van der Waals surface area contributed by atoms with E-state index in [1.165, 1.54) is 6.07 Å². The van der Waals surface area contributed by atoms with Gasteiger partial charge in [-0.25, -0.2) is 0 Å². The molecular weight excluding hydrogens is 350 g/mol. The Morgan fingerprint density at radius 1 is 0.880 bits per heavy atom. The molecule has 0 fully saturated rings. The van der Waals surface area contributed by atoms with E-state index in [0.717, 1.165) is 0 Å². The minimum absolute atomic E-state index is 0.0259. The number of nitro benzene ring substituents is 1. The zero-order chi connectivity index (χ0) is 19.8. The van der Waals surface area contributed by atoms with E-state index >= 15 is 0 Å². The van der Waals surface area contributed by atoms with E-state index in [0.29, 0.717) is 11.5 Å². The van der Waals surface area contributed by atoms with Crippen molar-refractivity contribution in [3.63, 3.8) is 0 Å². The van der Waals surface area contributed by atoms with Crippen molar-refractivity contribution in [2.45, 2.75) is 77.8 Å². The van der Waals surface area contributed by atoms with Crippen LogP contribution in [0.4, 0.5) is 5.69 Å². The fraction of sp³-hybridized carbons (Fsp3) is 0.667. The molecule has 0 aliphatic heterocycles. The Balaban J connectivity index is 3.24. The van der Waals surface area contributed by atoms with Crippen LogP contribution in [-0.4, -0.2) is 21.6 Å². The highest BCUT2D eigenvalue weighted by molar-refractivity contribution is 6.75. The molecule has 142 valence electrons. The summed E-state index contributed by atoms with van der Waals surface area (Å²) in [6.07, 6.45) is 0. The first-order chi connectivity index (χ1) is 11.0. The Morgan fingerprint density at radius 3 is 1.72 bits per heavy atom. The van der Waals surface area contributed by atoms with E-state index in [2.05, 4.69) is 67.7 Å². The lowest BCUT2D eigenvalue weighted by Gasteiger charge is -2.37. The molecule has 0 heterocycles. The molecule has 0 radical (unpaired) electrons. The number of nitro groups is 1. The molecule has 1 aromatic rings. The maximum atomic E-state index is 11.6. The monoisotopic (exact) mass is 383 g/mol. The van der Waals surface area contributed by atoms with Crippen LogP contribution in [0.25, 0.3) is 0 Å². The van der Waals surface area contributed by atoms with Gasteiger partial charge in [-0.1, -0.05) is 41.5 Å². The average molecular weight is 384 g/mol. The number of hydrogen-bond acceptors (Lipinski definition) is 4. The molecule has 0 aliphatic rings. The van der Waals surface area contributed by atoms with Gasteiger partial charge in [0.1, 0.15) is 5.75 Å². The maximum absolute atomic E-state index is 11.6. The Labute approximate surface area is 154 Å². The molecule has 0 aromatic heterocycles. The van der Waals surface area contributed by atoms with Crippen LogP contribution in [0.3, 0.4) is 0 Å². The van der Waals surface area contributed by atoms with E-state index in [-0.39, 0.29) is 20.7 Å². The Kier molecular flexibility index (Phi) is 5.86. The van der Waals surface area contributed by atoms with Gasteiger partial charge in [-0.2, -0.15) is 0 Å². The van der Waals surface area contributed by atoms with E-state index in [9.17, 15) is 10.1 Å². The minimum Gasteiger partial charge on any atom is -0.543 e. The van der Waals surface area contributed by atoms with Gasteiger partial charge in [-0.05, 0) is 48.4 Å². The first kappa shape index (κ1) is 21.7. The lowest BCUT2D eigenvalue weighted by molar-refractivity contribution is -0.385. The number of nitrogens with zero attached hydrogens (tertiary/aromatic N) is 1. The standard InChI is InChI=1S/C18H33NO4Si2/c1-17(2,3)24(7,8)22-14-11-12-16(15(13-14)19(20)21)23-25(9,10)18(4,5)6/h11-13H,1-10H3. The molecular formula is C18H33NO4Si2. The molecule has 0 bridgehead atoms. The Bertz CT molecular complexity index is 643. The van der Waals surface area contributed by atoms with Gasteiger partial charge in [0.2, 0.25) is 8.32 Å². The van der Waals surface area contributed by atoms with Gasteiger partial charge < -0.3 is 8.85 Å². The minimum atomic E-state index is -2.15. The molecule has 0 N–H and O–H groups in total. The van der Waals surface area contributed by atoms with Crippen molar-refractivity contribution < 1.29 is 13.8 Å². The SMILES string of the molecule is CC(C)(C)[Si](C)(C)Oc1ccc(O[Si](C)(C)C(C)(C)C)c([N+](=O)[O-])c1. The largest absolute Gasteiger partial charge is 0.543 e. The van der Waals surface area contributed by atoms with Gasteiger partial charge in [0.05, 0.1) is 11.0 Å². The molecule has 1 aromatic carbocycles. The normalized spacial score (nSPS) is 13.5. The quantitative estimate of drug-likeness (QED) is 0.337. The highest BCUT2D eigenvalue weighted by Gasteiger charge is 2.41. The van der Waals surface area contributed by atoms with Gasteiger partial charge >= 0.3 is 5.69 Å². The van der Waals surface area contributed by atoms with Crippen LogP contribution in [0.1, 0.15) is 41.5 Å². The van der Waals surface area contributed by atoms with Crippen LogP contribution in [0.15, 0.2) is 18.2 Å². The summed E-state index contributed by atoms with van der Waals surface area (Å²) in [6.45, 7) is 21.2. The van der Waals surface area contributed by atoms with Gasteiger partial charge in [0.15, 0.2) is 5.75 Å². The van der Waals surface area contributed by atoms with Crippen molar-refractivity contribution in [1.29, 1.82) is 0 Å². The van der Waals surface area contributed by atoms with E-state index in [1.807, 2.05) is 0 Å². The fourth-order valence-electron chi connectivity index (χ4n) is 1.67. The second kappa shape index (κ2) is 6.76. The van der Waals surface area contributed by atoms with Crippen molar-refractivity contribution in [3.8, 4) is 11.5 Å². The topological polar surface area (TPSA) is 61.6 Å². The summed E-state index contributed by atoms with van der Waals surface area (Å²) in [5, 5.41) is 11.6. The molecule has 0 aliphatic carbocycles. The lowest BCUT2D eigenvalue weighted by Crippen LogP contribution is -2.44. The number of rotatable bonds is 5. The molecule has 0 unspecified atom stereocenters. The van der Waals surface area contributed by atoms with Crippen molar-refractivity contribution in [2.75, 3.05) is 0 Å². The van der Waals surface area contributed by atoms with Gasteiger partial charge in [0.25, 0.3) is 8.32 Å². The highest BCUT2D eigenvalue weighted by atomic mass is 28.4. The molecule has 0 saturated heterocycles. The second-order valence-electron chi connectivity index (χ2n) is 9.61. The zero-order valence-electron chi connectivity index (χ0n) is 17.3. The van der Waals surface area contributed by atoms with E-state index in [1.54, 1.807) is 12.1 Å². The van der Waals surface area contributed by atoms with Crippen LogP contribution in [0.2, 0.25) is 36.3 Å². The summed E-state index contributed by atoms with van der Waals surface area (Å²) in [4.78, 5) is 11.2. The van der Waals surface area contributed by atoms with Gasteiger partial charge in [-0.3, -0.25) is 10.1 Å². The van der Waals surface area contributed by atoms with Crippen LogP contribution in [0.5, 0.6) is 11.5 Å². The average Bonchev–Trinajstić information content (AvgIpc) is 2.36. The summed E-state index contributed by atoms with van der Waals surface area (Å²) in [6, 6.07) is 4.97. The smallest absolute Gasteiger partial charge is 0.313 e. The summed E-state index contributed by atoms with van der Waals surface area (Å²) in [5.74, 6) is 0.875. The van der Waals surface area contributed by atoms with Crippen LogP contribution in [0, 0.1) is 10.1 Å². The zero-order valence-corrected chi connectivity index (χ0v) is 19.3. The van der Waals surface area contributed by atoms with Crippen LogP contribution < -0.4 is 8.85 Å². The fourth-order valence-corrected chi connectivity index (χ4v) is 3.72. The third-order valence-electron chi connectivity index (χ3n) is 5.48. The van der Waals surface area contributed by atoms with Crippen LogP contribution >= 0.6 is 0 Å². The first-order valence-corrected chi connectivity index (χ1v) is 14.5. The van der Waals surface area contributed by atoms with E-state index < -0.39 is 16.6 Å². The molecule has 0 saturated carbocycles. The molecule has 0 spiro atoms. The maximum Gasteiger partial charge on any atom is 0.313 e. The summed E-state index contributed by atoms with van der Waals surface area (Å²) < 4.78 is 12.4. The molecule has 7 heteroatoms. The molecule has 0 atom stereocenters. The second-order valence-corrected chi connectivity index (χ2v) is 19.1. The van der Waals surface area contributed by atoms with Crippen molar-refractivity contribution in [2.24, 2.45) is 0 Å². The predicted molar refractivity (Wildman–Crippen MR) is 109 cm³/mol. The van der Waals surface area contributed by atoms with Gasteiger partial charge in [-0.15, -0.1) is 0 Å². The third-order valence-corrected chi connectivity index (χ3v) is 14.2. The summed E-state index contributed by atoms with van der Waals surface area (Å²) in [5.41, 5.74) is -0.0268. The Morgan fingerprint density at radius 2 is 1.32 bits per heavy atom. The number of hydrogen-bond donors (Lipinski definition) is 0. The molecule has 0 amide bonds. The number of benzene rings is 1. The third kappa shape index (κ3) is 5.07. The molecule has 1 rings (SSSR count). The summed E-state index contributed by atoms with van der Waals surface area (Å²) in [7, 11) is -4.21. The van der Waals surface area contributed by atoms with E-state index in [4.69, 9.17) is 8.85 Å². The Hall–Kier alpha value is -1.35. The summed E-state index contributed by atoms with van der Waals surface area (Å²) >= 11 is 0. The van der Waals surface area contributed by atoms with Crippen LogP contribution in [-0.2, 0) is 0 Å². The lowest BCUT2D eigenvalue weighted by atomic mass is 10.2. The van der Waals surface area contributed by atoms with Crippen molar-refractivity contribution in [3.05, 3.63) is 28.3 Å². The highest BCUT2D eigenvalue weighted by Crippen LogP contribution is 2.42. The van der Waals surface area contributed by atoms with Crippen molar-refractivity contribution in [1.82, 2.24) is 0 Å². The molecule has 5 nitrogen and oxygen atoms in total. The predicted octanol–water partition coefficient (Wildman–Crippen LogP) is 6.36.